The zero-order valence-corrected chi connectivity index (χ0v) is 10.3. The molecule has 0 aliphatic heterocycles. The van der Waals surface area contributed by atoms with Crippen molar-refractivity contribution in [2.75, 3.05) is 11.9 Å². The van der Waals surface area contributed by atoms with E-state index >= 15 is 0 Å². The number of carbonyl (C=O) groups is 1. The highest BCUT2D eigenvalue weighted by Crippen LogP contribution is 2.15. The first kappa shape index (κ1) is 12.9. The molecule has 0 bridgehead atoms. The molecule has 2 N–H and O–H groups in total. The average molecular weight is 258 g/mol. The zero-order valence-electron chi connectivity index (χ0n) is 10.3. The molecule has 0 aliphatic rings. The number of nitrogens with one attached hydrogen (secondary N) is 1. The van der Waals surface area contributed by atoms with Gasteiger partial charge in [0.15, 0.2) is 0 Å². The minimum Gasteiger partial charge on any atom is -0.481 e. The standard InChI is InChI=1S/C13H14N4O2/c18-13(19)2-1-7-15-12-4-3-11(16-17-12)10-5-8-14-9-6-10/h3-6,8-9H,1-2,7H2,(H,15,17)(H,18,19). The first-order chi connectivity index (χ1) is 9.25. The molecule has 19 heavy (non-hydrogen) atoms. The van der Waals surface area contributed by atoms with Gasteiger partial charge in [-0.15, -0.1) is 10.2 Å². The Morgan fingerprint density at radius 2 is 1.95 bits per heavy atom. The van der Waals surface area contributed by atoms with E-state index in [0.717, 1.165) is 11.3 Å². The van der Waals surface area contributed by atoms with Crippen LogP contribution in [0.25, 0.3) is 11.3 Å². The molecule has 98 valence electrons. The highest BCUT2D eigenvalue weighted by molar-refractivity contribution is 5.66. The van der Waals surface area contributed by atoms with Gasteiger partial charge in [-0.1, -0.05) is 0 Å². The van der Waals surface area contributed by atoms with E-state index in [-0.39, 0.29) is 6.42 Å². The maximum Gasteiger partial charge on any atom is 0.303 e. The summed E-state index contributed by atoms with van der Waals surface area (Å²) < 4.78 is 0. The predicted molar refractivity (Wildman–Crippen MR) is 70.6 cm³/mol. The molecule has 0 saturated heterocycles. The topological polar surface area (TPSA) is 88.0 Å². The van der Waals surface area contributed by atoms with E-state index in [4.69, 9.17) is 5.11 Å². The molecule has 0 atom stereocenters. The molecule has 0 fully saturated rings. The number of anilines is 1. The summed E-state index contributed by atoms with van der Waals surface area (Å²) in [6.45, 7) is 0.565. The smallest absolute Gasteiger partial charge is 0.303 e. The Morgan fingerprint density at radius 1 is 1.16 bits per heavy atom. The van der Waals surface area contributed by atoms with Gasteiger partial charge in [-0.2, -0.15) is 0 Å². The molecule has 0 unspecified atom stereocenters. The summed E-state index contributed by atoms with van der Waals surface area (Å²) >= 11 is 0. The van der Waals surface area contributed by atoms with Crippen molar-refractivity contribution < 1.29 is 9.90 Å². The van der Waals surface area contributed by atoms with Crippen molar-refractivity contribution in [1.82, 2.24) is 15.2 Å². The van der Waals surface area contributed by atoms with Crippen molar-refractivity contribution in [3.05, 3.63) is 36.7 Å². The molecule has 0 radical (unpaired) electrons. The van der Waals surface area contributed by atoms with Crippen LogP contribution in [0.1, 0.15) is 12.8 Å². The van der Waals surface area contributed by atoms with Gasteiger partial charge in [0.25, 0.3) is 0 Å². The maximum absolute atomic E-state index is 10.4. The quantitative estimate of drug-likeness (QED) is 0.768. The van der Waals surface area contributed by atoms with Crippen molar-refractivity contribution in [1.29, 1.82) is 0 Å². The van der Waals surface area contributed by atoms with E-state index in [0.29, 0.717) is 18.8 Å². The molecule has 0 amide bonds. The van der Waals surface area contributed by atoms with Crippen LogP contribution in [0.2, 0.25) is 0 Å². The first-order valence-corrected chi connectivity index (χ1v) is 5.95. The number of hydrogen-bond acceptors (Lipinski definition) is 5. The normalized spacial score (nSPS) is 10.1. The molecule has 0 aromatic carbocycles. The van der Waals surface area contributed by atoms with Crippen LogP contribution in [0.5, 0.6) is 0 Å². The van der Waals surface area contributed by atoms with Crippen LogP contribution in [-0.4, -0.2) is 32.8 Å². The Kier molecular flexibility index (Phi) is 4.39. The van der Waals surface area contributed by atoms with Crippen LogP contribution in [0.4, 0.5) is 5.82 Å². The Balaban J connectivity index is 1.90. The zero-order chi connectivity index (χ0) is 13.5. The van der Waals surface area contributed by atoms with Crippen LogP contribution in [0, 0.1) is 0 Å². The van der Waals surface area contributed by atoms with Crippen LogP contribution < -0.4 is 5.32 Å². The second-order valence-electron chi connectivity index (χ2n) is 3.96. The first-order valence-electron chi connectivity index (χ1n) is 5.95. The number of aliphatic carboxylic acids is 1. The Labute approximate surface area is 110 Å². The minimum atomic E-state index is -0.791. The van der Waals surface area contributed by atoms with Gasteiger partial charge in [0.05, 0.1) is 5.69 Å². The second-order valence-corrected chi connectivity index (χ2v) is 3.96. The fraction of sp³-hybridized carbons (Fsp3) is 0.231. The molecule has 6 heteroatoms. The third-order valence-electron chi connectivity index (χ3n) is 2.51. The molecule has 0 aliphatic carbocycles. The molecule has 0 spiro atoms. The lowest BCUT2D eigenvalue weighted by atomic mass is 10.2. The van der Waals surface area contributed by atoms with E-state index in [1.165, 1.54) is 0 Å². The van der Waals surface area contributed by atoms with Crippen LogP contribution >= 0.6 is 0 Å². The average Bonchev–Trinajstić information content (AvgIpc) is 2.45. The number of hydrogen-bond donors (Lipinski definition) is 2. The van der Waals surface area contributed by atoms with E-state index in [2.05, 4.69) is 20.5 Å². The Bertz CT molecular complexity index is 528. The molecule has 2 heterocycles. The molecular formula is C13H14N4O2. The minimum absolute atomic E-state index is 0.148. The van der Waals surface area contributed by atoms with Crippen molar-refractivity contribution in [2.45, 2.75) is 12.8 Å². The predicted octanol–water partition coefficient (Wildman–Crippen LogP) is 1.82. The fourth-order valence-electron chi connectivity index (χ4n) is 1.56. The fourth-order valence-corrected chi connectivity index (χ4v) is 1.56. The van der Waals surface area contributed by atoms with Gasteiger partial charge in [0.2, 0.25) is 0 Å². The summed E-state index contributed by atoms with van der Waals surface area (Å²) in [5.41, 5.74) is 1.73. The van der Waals surface area contributed by atoms with Gasteiger partial charge in [-0.05, 0) is 30.7 Å². The largest absolute Gasteiger partial charge is 0.481 e. The highest BCUT2D eigenvalue weighted by atomic mass is 16.4. The summed E-state index contributed by atoms with van der Waals surface area (Å²) in [5, 5.41) is 19.7. The third-order valence-corrected chi connectivity index (χ3v) is 2.51. The number of rotatable bonds is 6. The summed E-state index contributed by atoms with van der Waals surface area (Å²) in [6, 6.07) is 7.42. The van der Waals surface area contributed by atoms with Gasteiger partial charge in [-0.3, -0.25) is 9.78 Å². The number of nitrogens with zero attached hydrogens (tertiary/aromatic N) is 3. The summed E-state index contributed by atoms with van der Waals surface area (Å²) in [7, 11) is 0. The number of carboxylic acid groups (broad SMARTS) is 1. The van der Waals surface area contributed by atoms with E-state index in [1.807, 2.05) is 24.3 Å². The highest BCUT2D eigenvalue weighted by Gasteiger charge is 2.01. The van der Waals surface area contributed by atoms with Gasteiger partial charge < -0.3 is 10.4 Å². The SMILES string of the molecule is O=C(O)CCCNc1ccc(-c2ccncc2)nn1. The number of pyridine rings is 1. The van der Waals surface area contributed by atoms with Crippen LogP contribution in [0.3, 0.4) is 0 Å². The molecular weight excluding hydrogens is 244 g/mol. The maximum atomic E-state index is 10.4. The molecule has 2 rings (SSSR count). The third kappa shape index (κ3) is 4.02. The lowest BCUT2D eigenvalue weighted by molar-refractivity contribution is -0.137. The summed E-state index contributed by atoms with van der Waals surface area (Å²) in [5.74, 6) is -0.149. The summed E-state index contributed by atoms with van der Waals surface area (Å²) in [4.78, 5) is 14.3. The second kappa shape index (κ2) is 6.44. The lowest BCUT2D eigenvalue weighted by Crippen LogP contribution is -2.06. The van der Waals surface area contributed by atoms with Gasteiger partial charge in [0, 0.05) is 30.9 Å². The molecule has 0 saturated carbocycles. The van der Waals surface area contributed by atoms with Crippen molar-refractivity contribution in [3.8, 4) is 11.3 Å². The van der Waals surface area contributed by atoms with Crippen LogP contribution in [0.15, 0.2) is 36.7 Å². The van der Waals surface area contributed by atoms with Crippen molar-refractivity contribution >= 4 is 11.8 Å². The van der Waals surface area contributed by atoms with Gasteiger partial charge in [0.1, 0.15) is 5.82 Å². The molecule has 2 aromatic heterocycles. The molecule has 6 nitrogen and oxygen atoms in total. The number of carboxylic acids is 1. The Hall–Kier alpha value is -2.50. The van der Waals surface area contributed by atoms with Crippen molar-refractivity contribution in [2.24, 2.45) is 0 Å². The van der Waals surface area contributed by atoms with E-state index < -0.39 is 5.97 Å². The van der Waals surface area contributed by atoms with Gasteiger partial charge in [-0.25, -0.2) is 0 Å². The molecule has 2 aromatic rings. The number of aromatic nitrogens is 3. The van der Waals surface area contributed by atoms with E-state index in [9.17, 15) is 4.79 Å². The lowest BCUT2D eigenvalue weighted by Gasteiger charge is -2.04. The van der Waals surface area contributed by atoms with Crippen LogP contribution in [-0.2, 0) is 4.79 Å². The van der Waals surface area contributed by atoms with E-state index in [1.54, 1.807) is 12.4 Å². The summed E-state index contributed by atoms with van der Waals surface area (Å²) in [6.07, 6.45) is 4.11. The monoisotopic (exact) mass is 258 g/mol. The Morgan fingerprint density at radius 3 is 2.58 bits per heavy atom. The van der Waals surface area contributed by atoms with Crippen molar-refractivity contribution in [3.63, 3.8) is 0 Å². The van der Waals surface area contributed by atoms with Gasteiger partial charge >= 0.3 is 5.97 Å².